The fourth-order valence-corrected chi connectivity index (χ4v) is 4.02. The van der Waals surface area contributed by atoms with E-state index < -0.39 is 0 Å². The number of amides is 2. The summed E-state index contributed by atoms with van der Waals surface area (Å²) < 4.78 is 0. The van der Waals surface area contributed by atoms with Crippen LogP contribution in [0, 0.1) is 0 Å². The molecule has 3 rings (SSSR count). The highest BCUT2D eigenvalue weighted by atomic mass is 16.2. The van der Waals surface area contributed by atoms with Gasteiger partial charge < -0.3 is 15.5 Å². The smallest absolute Gasteiger partial charge is 0.315 e. The summed E-state index contributed by atoms with van der Waals surface area (Å²) in [6.45, 7) is 6.40. The van der Waals surface area contributed by atoms with E-state index in [0.29, 0.717) is 0 Å². The predicted octanol–water partition coefficient (Wildman–Crippen LogP) is 5.58. The summed E-state index contributed by atoms with van der Waals surface area (Å²) in [5.41, 5.74) is 3.62. The van der Waals surface area contributed by atoms with Crippen LogP contribution in [0.5, 0.6) is 0 Å². The summed E-state index contributed by atoms with van der Waals surface area (Å²) in [5.74, 6) is 0. The van der Waals surface area contributed by atoms with Crippen molar-refractivity contribution < 1.29 is 4.79 Å². The number of nitrogens with zero attached hydrogens (tertiary/aromatic N) is 1. The van der Waals surface area contributed by atoms with Crippen LogP contribution in [0.15, 0.2) is 54.6 Å². The number of para-hydroxylation sites is 1. The Morgan fingerprint density at radius 3 is 2.36 bits per heavy atom. The highest BCUT2D eigenvalue weighted by Crippen LogP contribution is 2.31. The molecule has 2 amide bonds. The number of urea groups is 1. The Bertz CT molecular complexity index is 741. The topological polar surface area (TPSA) is 44.4 Å². The van der Waals surface area contributed by atoms with Gasteiger partial charge in [0.15, 0.2) is 0 Å². The van der Waals surface area contributed by atoms with Gasteiger partial charge in [-0.2, -0.15) is 0 Å². The maximum Gasteiger partial charge on any atom is 0.315 e. The molecule has 2 atom stereocenters. The number of piperidine rings is 1. The minimum absolute atomic E-state index is 0.0195. The quantitative estimate of drug-likeness (QED) is 0.660. The molecule has 4 heteroatoms. The molecular weight excluding hydrogens is 346 g/mol. The Kier molecular flexibility index (Phi) is 7.35. The third-order valence-corrected chi connectivity index (χ3v) is 5.54. The lowest BCUT2D eigenvalue weighted by Crippen LogP contribution is -2.40. The summed E-state index contributed by atoms with van der Waals surface area (Å²) in [6, 6.07) is 18.5. The first-order chi connectivity index (χ1) is 13.7. The highest BCUT2D eigenvalue weighted by Gasteiger charge is 2.21. The van der Waals surface area contributed by atoms with E-state index in [4.69, 9.17) is 0 Å². The molecule has 0 saturated carbocycles. The van der Waals surface area contributed by atoms with Crippen LogP contribution in [0.2, 0.25) is 0 Å². The van der Waals surface area contributed by atoms with Gasteiger partial charge in [0.25, 0.3) is 0 Å². The molecule has 0 unspecified atom stereocenters. The first-order valence-corrected chi connectivity index (χ1v) is 10.6. The molecule has 0 radical (unpaired) electrons. The Hall–Kier alpha value is -2.49. The molecule has 0 aromatic heterocycles. The SMILES string of the molecule is CCC[C@H](NC(=O)N[C@@H](C)c1ccccc1)c1ccccc1N1CCCCC1. The summed E-state index contributed by atoms with van der Waals surface area (Å²) in [5, 5.41) is 6.33. The van der Waals surface area contributed by atoms with E-state index in [9.17, 15) is 4.79 Å². The molecular formula is C24H33N3O. The number of carbonyl (C=O) groups excluding carboxylic acids is 1. The lowest BCUT2D eigenvalue weighted by molar-refractivity contribution is 0.233. The number of nitrogens with one attached hydrogen (secondary N) is 2. The summed E-state index contributed by atoms with van der Waals surface area (Å²) in [6.07, 6.45) is 5.76. The molecule has 2 aromatic rings. The van der Waals surface area contributed by atoms with Crippen molar-refractivity contribution in [2.24, 2.45) is 0 Å². The van der Waals surface area contributed by atoms with Crippen LogP contribution in [0.25, 0.3) is 0 Å². The lowest BCUT2D eigenvalue weighted by Gasteiger charge is -2.33. The Balaban J connectivity index is 1.72. The van der Waals surface area contributed by atoms with Gasteiger partial charge in [-0.1, -0.05) is 61.9 Å². The van der Waals surface area contributed by atoms with E-state index >= 15 is 0 Å². The average Bonchev–Trinajstić information content (AvgIpc) is 2.74. The van der Waals surface area contributed by atoms with Gasteiger partial charge in [-0.3, -0.25) is 0 Å². The number of benzene rings is 2. The van der Waals surface area contributed by atoms with Crippen molar-refractivity contribution in [2.75, 3.05) is 18.0 Å². The lowest BCUT2D eigenvalue weighted by atomic mass is 9.98. The number of carbonyl (C=O) groups is 1. The van der Waals surface area contributed by atoms with Crippen molar-refractivity contribution in [3.05, 3.63) is 65.7 Å². The number of rotatable bonds is 7. The fraction of sp³-hybridized carbons (Fsp3) is 0.458. The van der Waals surface area contributed by atoms with E-state index in [-0.39, 0.29) is 18.1 Å². The van der Waals surface area contributed by atoms with Crippen molar-refractivity contribution in [3.8, 4) is 0 Å². The minimum Gasteiger partial charge on any atom is -0.371 e. The molecule has 1 aliphatic rings. The van der Waals surface area contributed by atoms with E-state index in [0.717, 1.165) is 31.5 Å². The molecule has 1 fully saturated rings. The van der Waals surface area contributed by atoms with Crippen LogP contribution in [-0.4, -0.2) is 19.1 Å². The Labute approximate surface area is 169 Å². The molecule has 0 bridgehead atoms. The van der Waals surface area contributed by atoms with E-state index in [1.54, 1.807) is 0 Å². The van der Waals surface area contributed by atoms with Gasteiger partial charge in [0, 0.05) is 18.8 Å². The predicted molar refractivity (Wildman–Crippen MR) is 117 cm³/mol. The first-order valence-electron chi connectivity index (χ1n) is 10.6. The van der Waals surface area contributed by atoms with E-state index in [2.05, 4.69) is 46.7 Å². The van der Waals surface area contributed by atoms with E-state index in [1.807, 2.05) is 37.3 Å². The second-order valence-electron chi connectivity index (χ2n) is 7.70. The van der Waals surface area contributed by atoms with Crippen LogP contribution >= 0.6 is 0 Å². The standard InChI is InChI=1S/C24H33N3O/c1-3-12-22(26-24(28)25-19(2)20-13-6-4-7-14-20)21-15-8-9-16-23(21)27-17-10-5-11-18-27/h4,6-9,13-16,19,22H,3,5,10-12,17-18H2,1-2H3,(H2,25,26,28)/t19-,22-/m0/s1. The molecule has 28 heavy (non-hydrogen) atoms. The van der Waals surface area contributed by atoms with Gasteiger partial charge in [-0.15, -0.1) is 0 Å². The van der Waals surface area contributed by atoms with Gasteiger partial charge in [0.1, 0.15) is 0 Å². The summed E-state index contributed by atoms with van der Waals surface area (Å²) in [7, 11) is 0. The van der Waals surface area contributed by atoms with Gasteiger partial charge in [0.05, 0.1) is 12.1 Å². The maximum atomic E-state index is 12.7. The van der Waals surface area contributed by atoms with Gasteiger partial charge in [-0.05, 0) is 49.8 Å². The molecule has 0 spiro atoms. The third-order valence-electron chi connectivity index (χ3n) is 5.54. The zero-order valence-corrected chi connectivity index (χ0v) is 17.2. The largest absolute Gasteiger partial charge is 0.371 e. The molecule has 1 saturated heterocycles. The van der Waals surface area contributed by atoms with E-state index in [1.165, 1.54) is 30.5 Å². The monoisotopic (exact) mass is 379 g/mol. The molecule has 2 aromatic carbocycles. The van der Waals surface area contributed by atoms with Crippen molar-refractivity contribution in [2.45, 2.75) is 58.0 Å². The van der Waals surface area contributed by atoms with Crippen LogP contribution in [0.4, 0.5) is 10.5 Å². The van der Waals surface area contributed by atoms with Gasteiger partial charge in [0.2, 0.25) is 0 Å². The first kappa shape index (κ1) is 20.2. The second-order valence-corrected chi connectivity index (χ2v) is 7.70. The van der Waals surface area contributed by atoms with Gasteiger partial charge in [-0.25, -0.2) is 4.79 Å². The van der Waals surface area contributed by atoms with Crippen LogP contribution in [0.1, 0.15) is 69.2 Å². The Morgan fingerprint density at radius 1 is 0.964 bits per heavy atom. The molecule has 150 valence electrons. The Morgan fingerprint density at radius 2 is 1.64 bits per heavy atom. The third kappa shape index (κ3) is 5.28. The van der Waals surface area contributed by atoms with Gasteiger partial charge >= 0.3 is 6.03 Å². The molecule has 2 N–H and O–H groups in total. The second kappa shape index (κ2) is 10.2. The average molecular weight is 380 g/mol. The molecule has 1 aliphatic heterocycles. The summed E-state index contributed by atoms with van der Waals surface area (Å²) >= 11 is 0. The molecule has 1 heterocycles. The van der Waals surface area contributed by atoms with Crippen molar-refractivity contribution in [3.63, 3.8) is 0 Å². The zero-order chi connectivity index (χ0) is 19.8. The van der Waals surface area contributed by atoms with Crippen molar-refractivity contribution in [1.82, 2.24) is 10.6 Å². The van der Waals surface area contributed by atoms with Crippen molar-refractivity contribution in [1.29, 1.82) is 0 Å². The normalized spacial score (nSPS) is 16.3. The van der Waals surface area contributed by atoms with Crippen LogP contribution < -0.4 is 15.5 Å². The van der Waals surface area contributed by atoms with Crippen molar-refractivity contribution >= 4 is 11.7 Å². The van der Waals surface area contributed by atoms with Crippen LogP contribution in [0.3, 0.4) is 0 Å². The number of hydrogen-bond acceptors (Lipinski definition) is 2. The maximum absolute atomic E-state index is 12.7. The number of anilines is 1. The fourth-order valence-electron chi connectivity index (χ4n) is 4.02. The number of hydrogen-bond donors (Lipinski definition) is 2. The molecule has 0 aliphatic carbocycles. The zero-order valence-electron chi connectivity index (χ0n) is 17.2. The molecule has 4 nitrogen and oxygen atoms in total. The van der Waals surface area contributed by atoms with Crippen LogP contribution in [-0.2, 0) is 0 Å². The minimum atomic E-state index is -0.108. The summed E-state index contributed by atoms with van der Waals surface area (Å²) in [4.78, 5) is 15.2. The highest BCUT2D eigenvalue weighted by molar-refractivity contribution is 5.75.